The quantitative estimate of drug-likeness (QED) is 0.807. The summed E-state index contributed by atoms with van der Waals surface area (Å²) in [4.78, 5) is 13.5. The first kappa shape index (κ1) is 19.3. The van der Waals surface area contributed by atoms with Gasteiger partial charge in [0.25, 0.3) is 0 Å². The van der Waals surface area contributed by atoms with Crippen LogP contribution in [0, 0.1) is 19.8 Å². The molecule has 2 aromatic rings. The number of aryl methyl sites for hydroxylation is 2. The Hall–Kier alpha value is -1.42. The summed E-state index contributed by atoms with van der Waals surface area (Å²) in [6, 6.07) is 3.68. The van der Waals surface area contributed by atoms with E-state index in [-0.39, 0.29) is 22.5 Å². The summed E-state index contributed by atoms with van der Waals surface area (Å²) in [5.41, 5.74) is 0.358. The van der Waals surface area contributed by atoms with Crippen molar-refractivity contribution in [2.24, 2.45) is 5.92 Å². The Morgan fingerprint density at radius 2 is 2.08 bits per heavy atom. The lowest BCUT2D eigenvalue weighted by atomic mass is 9.97. The molecule has 1 amide bonds. The molecule has 1 N–H and O–H groups in total. The Balaban J connectivity index is 1.57. The van der Waals surface area contributed by atoms with Crippen LogP contribution in [-0.2, 0) is 21.4 Å². The van der Waals surface area contributed by atoms with Crippen LogP contribution < -0.4 is 5.32 Å². The number of rotatable bonds is 5. The Morgan fingerprint density at radius 3 is 2.62 bits per heavy atom. The van der Waals surface area contributed by atoms with E-state index in [1.54, 1.807) is 19.9 Å². The highest BCUT2D eigenvalue weighted by molar-refractivity contribution is 7.89. The molecule has 1 saturated heterocycles. The zero-order chi connectivity index (χ0) is 18.9. The second-order valence-corrected chi connectivity index (χ2v) is 9.93. The van der Waals surface area contributed by atoms with E-state index in [9.17, 15) is 13.2 Å². The standard InChI is InChI=1S/C16H20ClN3O4S2/c1-10-15(11(2)24-19-10)26(22,23)20-7-5-12(6-8-20)16(21)18-9-13-3-4-14(17)25-13/h3-4,12H,5-9H2,1-2H3,(H,18,21). The van der Waals surface area contributed by atoms with Crippen molar-refractivity contribution < 1.29 is 17.7 Å². The minimum Gasteiger partial charge on any atom is -0.360 e. The Morgan fingerprint density at radius 1 is 1.38 bits per heavy atom. The number of carbonyl (C=O) groups is 1. The molecule has 142 valence electrons. The zero-order valence-corrected chi connectivity index (χ0v) is 16.9. The molecule has 2 aromatic heterocycles. The van der Waals surface area contributed by atoms with Gasteiger partial charge < -0.3 is 9.84 Å². The van der Waals surface area contributed by atoms with Crippen LogP contribution in [0.4, 0.5) is 0 Å². The third kappa shape index (κ3) is 3.95. The van der Waals surface area contributed by atoms with E-state index in [1.807, 2.05) is 6.07 Å². The maximum Gasteiger partial charge on any atom is 0.248 e. The molecule has 0 saturated carbocycles. The van der Waals surface area contributed by atoms with Crippen LogP contribution in [0.3, 0.4) is 0 Å². The number of thiophene rings is 1. The van der Waals surface area contributed by atoms with Crippen LogP contribution in [-0.4, -0.2) is 36.9 Å². The molecular formula is C16H20ClN3O4S2. The van der Waals surface area contributed by atoms with E-state index in [0.29, 0.717) is 42.5 Å². The molecule has 26 heavy (non-hydrogen) atoms. The second kappa shape index (κ2) is 7.67. The third-order valence-electron chi connectivity index (χ3n) is 4.46. The summed E-state index contributed by atoms with van der Waals surface area (Å²) >= 11 is 7.31. The molecular weight excluding hydrogens is 398 g/mol. The van der Waals surface area contributed by atoms with E-state index in [2.05, 4.69) is 10.5 Å². The third-order valence-corrected chi connectivity index (χ3v) is 7.83. The molecule has 1 fully saturated rings. The van der Waals surface area contributed by atoms with Gasteiger partial charge >= 0.3 is 0 Å². The SMILES string of the molecule is Cc1noc(C)c1S(=O)(=O)N1CCC(C(=O)NCc2ccc(Cl)s2)CC1. The molecule has 0 aliphatic carbocycles. The van der Waals surface area contributed by atoms with Crippen molar-refractivity contribution in [3.8, 4) is 0 Å². The first-order valence-electron chi connectivity index (χ1n) is 8.24. The highest BCUT2D eigenvalue weighted by atomic mass is 35.5. The molecule has 0 aromatic carbocycles. The Bertz CT molecular complexity index is 879. The molecule has 3 rings (SSSR count). The number of carbonyl (C=O) groups excluding carboxylic acids is 1. The summed E-state index contributed by atoms with van der Waals surface area (Å²) in [5, 5.41) is 6.62. The van der Waals surface area contributed by atoms with Crippen LogP contribution in [0.15, 0.2) is 21.6 Å². The lowest BCUT2D eigenvalue weighted by Gasteiger charge is -2.30. The van der Waals surface area contributed by atoms with Crippen LogP contribution >= 0.6 is 22.9 Å². The summed E-state index contributed by atoms with van der Waals surface area (Å²) in [5.74, 6) is 0.0439. The summed E-state index contributed by atoms with van der Waals surface area (Å²) in [6.45, 7) is 4.24. The molecule has 0 bridgehead atoms. The minimum absolute atomic E-state index is 0.0519. The second-order valence-electron chi connectivity index (χ2n) is 6.26. The monoisotopic (exact) mass is 417 g/mol. The summed E-state index contributed by atoms with van der Waals surface area (Å²) in [6.07, 6.45) is 0.971. The number of piperidine rings is 1. The van der Waals surface area contributed by atoms with Crippen molar-refractivity contribution in [3.05, 3.63) is 32.8 Å². The van der Waals surface area contributed by atoms with Crippen LogP contribution in [0.5, 0.6) is 0 Å². The number of nitrogens with zero attached hydrogens (tertiary/aromatic N) is 2. The molecule has 0 spiro atoms. The van der Waals surface area contributed by atoms with Crippen molar-refractivity contribution in [1.82, 2.24) is 14.8 Å². The predicted molar refractivity (Wildman–Crippen MR) is 98.6 cm³/mol. The number of halogens is 1. The van der Waals surface area contributed by atoms with Crippen LogP contribution in [0.25, 0.3) is 0 Å². The van der Waals surface area contributed by atoms with E-state index in [1.165, 1.54) is 15.6 Å². The number of sulfonamides is 1. The normalized spacial score (nSPS) is 16.7. The average Bonchev–Trinajstić information content (AvgIpc) is 3.18. The first-order valence-corrected chi connectivity index (χ1v) is 10.9. The van der Waals surface area contributed by atoms with Gasteiger partial charge in [-0.3, -0.25) is 4.79 Å². The van der Waals surface area contributed by atoms with Gasteiger partial charge in [0.15, 0.2) is 5.76 Å². The van der Waals surface area contributed by atoms with Gasteiger partial charge in [0.05, 0.1) is 10.9 Å². The van der Waals surface area contributed by atoms with E-state index < -0.39 is 10.0 Å². The largest absolute Gasteiger partial charge is 0.360 e. The molecule has 7 nitrogen and oxygen atoms in total. The van der Waals surface area contributed by atoms with Gasteiger partial charge in [-0.2, -0.15) is 4.31 Å². The van der Waals surface area contributed by atoms with Crippen molar-refractivity contribution in [2.45, 2.75) is 38.1 Å². The maximum absolute atomic E-state index is 12.8. The Labute approximate surface area is 161 Å². The highest BCUT2D eigenvalue weighted by Gasteiger charge is 2.35. The van der Waals surface area contributed by atoms with Gasteiger partial charge in [-0.25, -0.2) is 8.42 Å². The van der Waals surface area contributed by atoms with Crippen LogP contribution in [0.1, 0.15) is 29.2 Å². The van der Waals surface area contributed by atoms with Gasteiger partial charge in [0.1, 0.15) is 10.6 Å². The van der Waals surface area contributed by atoms with Gasteiger partial charge in [0.2, 0.25) is 15.9 Å². The smallest absolute Gasteiger partial charge is 0.248 e. The van der Waals surface area contributed by atoms with Crippen molar-refractivity contribution in [2.75, 3.05) is 13.1 Å². The summed E-state index contributed by atoms with van der Waals surface area (Å²) < 4.78 is 32.7. The van der Waals surface area contributed by atoms with Crippen molar-refractivity contribution in [3.63, 3.8) is 0 Å². The topological polar surface area (TPSA) is 92.5 Å². The molecule has 0 unspecified atom stereocenters. The van der Waals surface area contributed by atoms with Gasteiger partial charge in [0, 0.05) is 23.9 Å². The predicted octanol–water partition coefficient (Wildman–Crippen LogP) is 2.72. The van der Waals surface area contributed by atoms with Crippen LogP contribution in [0.2, 0.25) is 4.34 Å². The molecule has 0 radical (unpaired) electrons. The lowest BCUT2D eigenvalue weighted by molar-refractivity contribution is -0.126. The number of nitrogens with one attached hydrogen (secondary N) is 1. The van der Waals surface area contributed by atoms with Gasteiger partial charge in [-0.05, 0) is 38.8 Å². The van der Waals surface area contributed by atoms with E-state index in [4.69, 9.17) is 16.1 Å². The number of hydrogen-bond acceptors (Lipinski definition) is 6. The first-order chi connectivity index (χ1) is 12.3. The van der Waals surface area contributed by atoms with E-state index in [0.717, 1.165) is 4.88 Å². The molecule has 1 aliphatic rings. The fourth-order valence-electron chi connectivity index (χ4n) is 3.10. The Kier molecular flexibility index (Phi) is 5.71. The number of hydrogen-bond donors (Lipinski definition) is 1. The fourth-order valence-corrected chi connectivity index (χ4v) is 5.88. The highest BCUT2D eigenvalue weighted by Crippen LogP contribution is 2.28. The van der Waals surface area contributed by atoms with E-state index >= 15 is 0 Å². The number of aromatic nitrogens is 1. The van der Waals surface area contributed by atoms with Crippen molar-refractivity contribution >= 4 is 38.9 Å². The molecule has 1 aliphatic heterocycles. The minimum atomic E-state index is -3.65. The van der Waals surface area contributed by atoms with Gasteiger partial charge in [-0.1, -0.05) is 16.8 Å². The summed E-state index contributed by atoms with van der Waals surface area (Å²) in [7, 11) is -3.65. The lowest BCUT2D eigenvalue weighted by Crippen LogP contribution is -2.43. The van der Waals surface area contributed by atoms with Gasteiger partial charge in [-0.15, -0.1) is 11.3 Å². The molecule has 10 heteroatoms. The number of amides is 1. The molecule has 3 heterocycles. The van der Waals surface area contributed by atoms with Crippen molar-refractivity contribution in [1.29, 1.82) is 0 Å². The average molecular weight is 418 g/mol. The fraction of sp³-hybridized carbons (Fsp3) is 0.500. The maximum atomic E-state index is 12.8. The zero-order valence-electron chi connectivity index (χ0n) is 14.5. The molecule has 0 atom stereocenters.